The number of rotatable bonds is 8. The highest BCUT2D eigenvalue weighted by Gasteiger charge is 2.26. The van der Waals surface area contributed by atoms with Crippen LogP contribution in [-0.4, -0.2) is 43.8 Å². The molecule has 0 radical (unpaired) electrons. The van der Waals surface area contributed by atoms with Crippen molar-refractivity contribution in [3.05, 3.63) is 78.2 Å². The van der Waals surface area contributed by atoms with Gasteiger partial charge in [0.1, 0.15) is 0 Å². The van der Waals surface area contributed by atoms with Crippen molar-refractivity contribution in [2.24, 2.45) is 0 Å². The van der Waals surface area contributed by atoms with Crippen molar-refractivity contribution >= 4 is 32.4 Å². The van der Waals surface area contributed by atoms with Gasteiger partial charge in [-0.25, -0.2) is 13.4 Å². The molecule has 1 heterocycles. The van der Waals surface area contributed by atoms with E-state index in [1.165, 1.54) is 23.3 Å². The van der Waals surface area contributed by atoms with Gasteiger partial charge in [0, 0.05) is 24.5 Å². The minimum absolute atomic E-state index is 0.152. The first-order chi connectivity index (χ1) is 14.3. The number of sulfonamides is 1. The molecule has 156 valence electrons. The summed E-state index contributed by atoms with van der Waals surface area (Å²) in [6.07, 6.45) is 1.59. The molecule has 0 N–H and O–H groups in total. The number of anilines is 1. The number of nitrogens with zero attached hydrogens (tertiary/aromatic N) is 3. The lowest BCUT2D eigenvalue weighted by Crippen LogP contribution is -2.41. The molecule has 1 aromatic heterocycles. The average Bonchev–Trinajstić information content (AvgIpc) is 3.22. The summed E-state index contributed by atoms with van der Waals surface area (Å²) in [4.78, 5) is 19.1. The number of benzene rings is 2. The highest BCUT2D eigenvalue weighted by Crippen LogP contribution is 2.27. The maximum absolute atomic E-state index is 13.0. The number of carbonyl (C=O) groups excluding carboxylic acids is 1. The second kappa shape index (κ2) is 9.34. The van der Waals surface area contributed by atoms with Gasteiger partial charge in [0.25, 0.3) is 0 Å². The molecule has 0 spiro atoms. The number of hydrogen-bond acceptors (Lipinski definition) is 5. The van der Waals surface area contributed by atoms with Gasteiger partial charge in [-0.3, -0.25) is 9.69 Å². The number of thiazole rings is 1. The van der Waals surface area contributed by atoms with Crippen molar-refractivity contribution in [3.63, 3.8) is 0 Å². The molecule has 6 nitrogen and oxygen atoms in total. The van der Waals surface area contributed by atoms with Crippen molar-refractivity contribution in [1.29, 1.82) is 0 Å². The quantitative estimate of drug-likeness (QED) is 0.496. The monoisotopic (exact) mass is 441 g/mol. The number of amides is 1. The molecule has 0 aliphatic rings. The van der Waals surface area contributed by atoms with E-state index in [2.05, 4.69) is 11.6 Å². The van der Waals surface area contributed by atoms with Crippen LogP contribution in [-0.2, 0) is 14.8 Å². The number of aromatic nitrogens is 1. The highest BCUT2D eigenvalue weighted by molar-refractivity contribution is 7.89. The molecule has 0 bridgehead atoms. The summed E-state index contributed by atoms with van der Waals surface area (Å²) in [5, 5.41) is 2.38. The van der Waals surface area contributed by atoms with Gasteiger partial charge in [-0.1, -0.05) is 54.1 Å². The first-order valence-corrected chi connectivity index (χ1v) is 11.6. The summed E-state index contributed by atoms with van der Waals surface area (Å²) < 4.78 is 26.7. The van der Waals surface area contributed by atoms with Crippen LogP contribution in [0.15, 0.2) is 77.5 Å². The average molecular weight is 442 g/mol. The second-order valence-corrected chi connectivity index (χ2v) is 9.63. The molecule has 0 atom stereocenters. The summed E-state index contributed by atoms with van der Waals surface area (Å²) >= 11 is 1.33. The van der Waals surface area contributed by atoms with Crippen LogP contribution in [0.5, 0.6) is 0 Å². The molecule has 1 amide bonds. The summed E-state index contributed by atoms with van der Waals surface area (Å²) in [6.45, 7) is 5.53. The second-order valence-electron chi connectivity index (χ2n) is 6.75. The Bertz CT molecular complexity index is 1120. The molecule has 0 unspecified atom stereocenters. The number of likely N-dealkylation sites (N-methyl/N-ethyl adjacent to an activating group) is 1. The van der Waals surface area contributed by atoms with Gasteiger partial charge in [-0.15, -0.1) is 17.9 Å². The fourth-order valence-electron chi connectivity index (χ4n) is 2.80. The Morgan fingerprint density at radius 3 is 2.43 bits per heavy atom. The molecule has 0 saturated carbocycles. The van der Waals surface area contributed by atoms with Gasteiger partial charge in [-0.05, 0) is 19.1 Å². The summed E-state index contributed by atoms with van der Waals surface area (Å²) in [6, 6.07) is 16.2. The van der Waals surface area contributed by atoms with Crippen LogP contribution in [0.1, 0.15) is 5.56 Å². The fraction of sp³-hybridized carbons (Fsp3) is 0.182. The molecule has 0 aliphatic heterocycles. The first kappa shape index (κ1) is 21.9. The molecule has 3 aromatic rings. The predicted octanol–water partition coefficient (Wildman–Crippen LogP) is 3.96. The largest absolute Gasteiger partial charge is 0.283 e. The van der Waals surface area contributed by atoms with Crippen molar-refractivity contribution in [1.82, 2.24) is 9.29 Å². The molecule has 3 rings (SSSR count). The first-order valence-electron chi connectivity index (χ1n) is 9.28. The maximum atomic E-state index is 13.0. The van der Waals surface area contributed by atoms with Gasteiger partial charge < -0.3 is 0 Å². The Morgan fingerprint density at radius 1 is 1.13 bits per heavy atom. The van der Waals surface area contributed by atoms with Gasteiger partial charge in [-0.2, -0.15) is 4.31 Å². The van der Waals surface area contributed by atoms with E-state index in [1.807, 2.05) is 42.6 Å². The molecule has 2 aromatic carbocycles. The standard InChI is InChI=1S/C22H23N3O3S2/c1-4-14-25(22-23-20(16-29-22)18-8-6-5-7-9-18)21(26)15-24(3)30(27,28)19-12-10-17(2)11-13-19/h4-13,16H,1,14-15H2,2-3H3. The van der Waals surface area contributed by atoms with E-state index in [1.54, 1.807) is 30.3 Å². The van der Waals surface area contributed by atoms with Crippen LogP contribution in [0.25, 0.3) is 11.3 Å². The van der Waals surface area contributed by atoms with Crippen molar-refractivity contribution < 1.29 is 13.2 Å². The van der Waals surface area contributed by atoms with E-state index < -0.39 is 10.0 Å². The fourth-order valence-corrected chi connectivity index (χ4v) is 4.78. The minimum Gasteiger partial charge on any atom is -0.283 e. The topological polar surface area (TPSA) is 70.6 Å². The third kappa shape index (κ3) is 4.84. The highest BCUT2D eigenvalue weighted by atomic mass is 32.2. The lowest BCUT2D eigenvalue weighted by Gasteiger charge is -2.22. The number of hydrogen-bond donors (Lipinski definition) is 0. The van der Waals surface area contributed by atoms with Gasteiger partial charge in [0.05, 0.1) is 17.1 Å². The van der Waals surface area contributed by atoms with Gasteiger partial charge >= 0.3 is 0 Å². The van der Waals surface area contributed by atoms with E-state index in [0.29, 0.717) is 5.13 Å². The normalized spacial score (nSPS) is 11.4. The lowest BCUT2D eigenvalue weighted by atomic mass is 10.2. The van der Waals surface area contributed by atoms with E-state index >= 15 is 0 Å². The Kier molecular flexibility index (Phi) is 6.81. The van der Waals surface area contributed by atoms with Crippen LogP contribution >= 0.6 is 11.3 Å². The zero-order valence-corrected chi connectivity index (χ0v) is 18.5. The van der Waals surface area contributed by atoms with Crippen molar-refractivity contribution in [2.45, 2.75) is 11.8 Å². The lowest BCUT2D eigenvalue weighted by molar-refractivity contribution is -0.118. The maximum Gasteiger partial charge on any atom is 0.244 e. The summed E-state index contributed by atoms with van der Waals surface area (Å²) in [5.74, 6) is -0.373. The number of carbonyl (C=O) groups is 1. The van der Waals surface area contributed by atoms with Crippen LogP contribution in [0.2, 0.25) is 0 Å². The van der Waals surface area contributed by atoms with E-state index in [0.717, 1.165) is 21.1 Å². The molecule has 30 heavy (non-hydrogen) atoms. The predicted molar refractivity (Wildman–Crippen MR) is 121 cm³/mol. The smallest absolute Gasteiger partial charge is 0.244 e. The van der Waals surface area contributed by atoms with Crippen molar-refractivity contribution in [3.8, 4) is 11.3 Å². The minimum atomic E-state index is -3.78. The van der Waals surface area contributed by atoms with Crippen LogP contribution < -0.4 is 4.90 Å². The molecule has 0 saturated heterocycles. The van der Waals surface area contributed by atoms with E-state index in [-0.39, 0.29) is 23.9 Å². The number of aryl methyl sites for hydroxylation is 1. The Labute approximate surface area is 181 Å². The zero-order valence-electron chi connectivity index (χ0n) is 16.9. The zero-order chi connectivity index (χ0) is 21.7. The molecule has 8 heteroatoms. The summed E-state index contributed by atoms with van der Waals surface area (Å²) in [7, 11) is -2.38. The van der Waals surface area contributed by atoms with E-state index in [4.69, 9.17) is 0 Å². The van der Waals surface area contributed by atoms with Crippen molar-refractivity contribution in [2.75, 3.05) is 25.0 Å². The van der Waals surface area contributed by atoms with Crippen LogP contribution in [0.3, 0.4) is 0 Å². The Balaban J connectivity index is 1.79. The van der Waals surface area contributed by atoms with Gasteiger partial charge in [0.15, 0.2) is 5.13 Å². The van der Waals surface area contributed by atoms with E-state index in [9.17, 15) is 13.2 Å². The SMILES string of the molecule is C=CCN(C(=O)CN(C)S(=O)(=O)c1ccc(C)cc1)c1nc(-c2ccccc2)cs1. The summed E-state index contributed by atoms with van der Waals surface area (Å²) in [5.41, 5.74) is 2.67. The Morgan fingerprint density at radius 2 is 1.80 bits per heavy atom. The molecular formula is C22H23N3O3S2. The molecule has 0 fully saturated rings. The van der Waals surface area contributed by atoms with Gasteiger partial charge in [0.2, 0.25) is 15.9 Å². The van der Waals surface area contributed by atoms with Crippen LogP contribution in [0, 0.1) is 6.92 Å². The molecular weight excluding hydrogens is 418 g/mol. The van der Waals surface area contributed by atoms with Crippen LogP contribution in [0.4, 0.5) is 5.13 Å². The molecule has 0 aliphatic carbocycles. The third-order valence-corrected chi connectivity index (χ3v) is 7.17. The Hall–Kier alpha value is -2.81. The third-order valence-electron chi connectivity index (χ3n) is 4.49.